The molecule has 0 bridgehead atoms. The molecule has 6 heteroatoms. The summed E-state index contributed by atoms with van der Waals surface area (Å²) in [5, 5.41) is 0. The van der Waals surface area contributed by atoms with E-state index >= 15 is 0 Å². The standard InChI is InChI=1S/C11H17F2NO3/c1-11(2,3)17-10(16)7-5-4-6-14(7)9(15)8(12)13/h7-8H,4-6H2,1-3H3/t7-/m1/s1. The van der Waals surface area contributed by atoms with E-state index < -0.39 is 29.9 Å². The van der Waals surface area contributed by atoms with Gasteiger partial charge in [0.15, 0.2) is 0 Å². The molecular formula is C11H17F2NO3. The number of alkyl halides is 2. The van der Waals surface area contributed by atoms with Gasteiger partial charge in [0.1, 0.15) is 11.6 Å². The molecule has 0 aliphatic carbocycles. The molecule has 0 aromatic rings. The predicted octanol–water partition coefficient (Wildman–Crippen LogP) is 1.58. The molecule has 17 heavy (non-hydrogen) atoms. The first kappa shape index (κ1) is 13.9. The van der Waals surface area contributed by atoms with Crippen molar-refractivity contribution in [2.75, 3.05) is 6.54 Å². The quantitative estimate of drug-likeness (QED) is 0.698. The zero-order chi connectivity index (χ0) is 13.2. The van der Waals surface area contributed by atoms with E-state index in [1.807, 2.05) is 0 Å². The largest absolute Gasteiger partial charge is 0.458 e. The average Bonchev–Trinajstić information content (AvgIpc) is 2.61. The highest BCUT2D eigenvalue weighted by Gasteiger charge is 2.39. The molecule has 1 rings (SSSR count). The van der Waals surface area contributed by atoms with Crippen LogP contribution >= 0.6 is 0 Å². The van der Waals surface area contributed by atoms with Crippen molar-refractivity contribution in [1.82, 2.24) is 4.90 Å². The Labute approximate surface area is 98.9 Å². The van der Waals surface area contributed by atoms with E-state index in [9.17, 15) is 18.4 Å². The molecule has 0 spiro atoms. The molecule has 0 aromatic carbocycles. The third-order valence-electron chi connectivity index (χ3n) is 2.40. The van der Waals surface area contributed by atoms with Gasteiger partial charge in [-0.25, -0.2) is 4.79 Å². The molecule has 1 saturated heterocycles. The highest BCUT2D eigenvalue weighted by Crippen LogP contribution is 2.22. The molecule has 0 unspecified atom stereocenters. The Hall–Kier alpha value is -1.20. The minimum Gasteiger partial charge on any atom is -0.458 e. The Kier molecular flexibility index (Phi) is 4.06. The van der Waals surface area contributed by atoms with E-state index in [-0.39, 0.29) is 6.54 Å². The van der Waals surface area contributed by atoms with Crippen LogP contribution in [0.15, 0.2) is 0 Å². The first-order valence-corrected chi connectivity index (χ1v) is 5.54. The Morgan fingerprint density at radius 1 is 1.35 bits per heavy atom. The first-order chi connectivity index (χ1) is 7.72. The Morgan fingerprint density at radius 3 is 2.41 bits per heavy atom. The fraction of sp³-hybridized carbons (Fsp3) is 0.818. The van der Waals surface area contributed by atoms with Crippen molar-refractivity contribution in [1.29, 1.82) is 0 Å². The Bertz CT molecular complexity index is 312. The van der Waals surface area contributed by atoms with Crippen molar-refractivity contribution in [3.8, 4) is 0 Å². The van der Waals surface area contributed by atoms with Gasteiger partial charge in [-0.2, -0.15) is 8.78 Å². The Morgan fingerprint density at radius 2 is 1.94 bits per heavy atom. The molecule has 4 nitrogen and oxygen atoms in total. The summed E-state index contributed by atoms with van der Waals surface area (Å²) in [6, 6.07) is -0.865. The summed E-state index contributed by atoms with van der Waals surface area (Å²) in [7, 11) is 0. The number of carbonyl (C=O) groups is 2. The second kappa shape index (κ2) is 4.98. The van der Waals surface area contributed by atoms with Gasteiger partial charge in [0.2, 0.25) is 0 Å². The van der Waals surface area contributed by atoms with Crippen molar-refractivity contribution in [3.05, 3.63) is 0 Å². The summed E-state index contributed by atoms with van der Waals surface area (Å²) in [6.45, 7) is 5.27. The van der Waals surface area contributed by atoms with Gasteiger partial charge in [0, 0.05) is 6.54 Å². The lowest BCUT2D eigenvalue weighted by atomic mass is 10.1. The van der Waals surface area contributed by atoms with Crippen molar-refractivity contribution >= 4 is 11.9 Å². The average molecular weight is 249 g/mol. The van der Waals surface area contributed by atoms with Crippen LogP contribution in [-0.2, 0) is 14.3 Å². The highest BCUT2D eigenvalue weighted by molar-refractivity contribution is 5.86. The number of hydrogen-bond donors (Lipinski definition) is 0. The molecule has 0 N–H and O–H groups in total. The molecule has 1 amide bonds. The zero-order valence-corrected chi connectivity index (χ0v) is 10.2. The van der Waals surface area contributed by atoms with Gasteiger partial charge in [0.25, 0.3) is 5.91 Å². The first-order valence-electron chi connectivity index (χ1n) is 5.54. The van der Waals surface area contributed by atoms with E-state index in [4.69, 9.17) is 4.74 Å². The smallest absolute Gasteiger partial charge is 0.329 e. The summed E-state index contributed by atoms with van der Waals surface area (Å²) < 4.78 is 29.7. The van der Waals surface area contributed by atoms with Gasteiger partial charge in [-0.3, -0.25) is 4.79 Å². The molecule has 1 fully saturated rings. The van der Waals surface area contributed by atoms with Gasteiger partial charge in [-0.15, -0.1) is 0 Å². The number of amides is 1. The molecule has 98 valence electrons. The van der Waals surface area contributed by atoms with Crippen molar-refractivity contribution < 1.29 is 23.1 Å². The van der Waals surface area contributed by atoms with Crippen molar-refractivity contribution in [3.63, 3.8) is 0 Å². The van der Waals surface area contributed by atoms with Crippen LogP contribution in [-0.4, -0.2) is 41.4 Å². The van der Waals surface area contributed by atoms with E-state index in [1.165, 1.54) is 0 Å². The van der Waals surface area contributed by atoms with Gasteiger partial charge in [-0.1, -0.05) is 0 Å². The third-order valence-corrected chi connectivity index (χ3v) is 2.40. The summed E-state index contributed by atoms with van der Waals surface area (Å²) in [4.78, 5) is 23.8. The summed E-state index contributed by atoms with van der Waals surface area (Å²) in [6.07, 6.45) is -2.14. The van der Waals surface area contributed by atoms with Crippen LogP contribution in [0.3, 0.4) is 0 Å². The van der Waals surface area contributed by atoms with E-state index in [1.54, 1.807) is 20.8 Å². The lowest BCUT2D eigenvalue weighted by Gasteiger charge is -2.27. The maximum absolute atomic E-state index is 12.3. The number of halogens is 2. The minimum atomic E-state index is -3.07. The monoisotopic (exact) mass is 249 g/mol. The molecule has 0 radical (unpaired) electrons. The van der Waals surface area contributed by atoms with Crippen LogP contribution < -0.4 is 0 Å². The molecular weight excluding hydrogens is 232 g/mol. The number of carbonyl (C=O) groups excluding carboxylic acids is 2. The second-order valence-corrected chi connectivity index (χ2v) is 5.02. The predicted molar refractivity (Wildman–Crippen MR) is 56.6 cm³/mol. The van der Waals surface area contributed by atoms with Gasteiger partial charge < -0.3 is 9.64 Å². The topological polar surface area (TPSA) is 46.6 Å². The van der Waals surface area contributed by atoms with Crippen LogP contribution in [0.25, 0.3) is 0 Å². The summed E-state index contributed by atoms with van der Waals surface area (Å²) in [5.41, 5.74) is -0.681. The normalized spacial score (nSPS) is 20.8. The maximum Gasteiger partial charge on any atom is 0.329 e. The SMILES string of the molecule is CC(C)(C)OC(=O)[C@H]1CCCN1C(=O)C(F)F. The van der Waals surface area contributed by atoms with Crippen LogP contribution in [0.5, 0.6) is 0 Å². The van der Waals surface area contributed by atoms with E-state index in [2.05, 4.69) is 0 Å². The van der Waals surface area contributed by atoms with Crippen LogP contribution in [0.1, 0.15) is 33.6 Å². The van der Waals surface area contributed by atoms with Gasteiger partial charge >= 0.3 is 12.4 Å². The van der Waals surface area contributed by atoms with Crippen LogP contribution in [0.4, 0.5) is 8.78 Å². The highest BCUT2D eigenvalue weighted by atomic mass is 19.3. The van der Waals surface area contributed by atoms with Crippen molar-refractivity contribution in [2.45, 2.75) is 51.7 Å². The van der Waals surface area contributed by atoms with E-state index in [0.29, 0.717) is 12.8 Å². The van der Waals surface area contributed by atoms with Crippen LogP contribution in [0.2, 0.25) is 0 Å². The summed E-state index contributed by atoms with van der Waals surface area (Å²) >= 11 is 0. The number of rotatable bonds is 2. The summed E-state index contributed by atoms with van der Waals surface area (Å²) in [5.74, 6) is -1.90. The number of hydrogen-bond acceptors (Lipinski definition) is 3. The number of ether oxygens (including phenoxy) is 1. The number of nitrogens with zero attached hydrogens (tertiary/aromatic N) is 1. The second-order valence-electron chi connectivity index (χ2n) is 5.02. The van der Waals surface area contributed by atoms with Gasteiger partial charge in [-0.05, 0) is 33.6 Å². The van der Waals surface area contributed by atoms with Crippen LogP contribution in [0, 0.1) is 0 Å². The Balaban J connectivity index is 2.70. The van der Waals surface area contributed by atoms with Crippen molar-refractivity contribution in [2.24, 2.45) is 0 Å². The minimum absolute atomic E-state index is 0.188. The fourth-order valence-electron chi connectivity index (χ4n) is 1.77. The van der Waals surface area contributed by atoms with Gasteiger partial charge in [0.05, 0.1) is 0 Å². The lowest BCUT2D eigenvalue weighted by Crippen LogP contribution is -2.45. The molecule has 1 atom stereocenters. The third kappa shape index (κ3) is 3.64. The zero-order valence-electron chi connectivity index (χ0n) is 10.2. The molecule has 1 aliphatic heterocycles. The maximum atomic E-state index is 12.3. The lowest BCUT2D eigenvalue weighted by molar-refractivity contribution is -0.165. The molecule has 1 heterocycles. The molecule has 1 aliphatic rings. The number of likely N-dealkylation sites (tertiary alicyclic amines) is 1. The number of esters is 1. The van der Waals surface area contributed by atoms with E-state index in [0.717, 1.165) is 4.90 Å². The fourth-order valence-corrected chi connectivity index (χ4v) is 1.77. The molecule has 0 aromatic heterocycles. The molecule has 0 saturated carbocycles.